The van der Waals surface area contributed by atoms with Gasteiger partial charge >= 0.3 is 6.18 Å². The van der Waals surface area contributed by atoms with E-state index in [9.17, 15) is 18.0 Å². The Morgan fingerprint density at radius 1 is 1.50 bits per heavy atom. The molecule has 20 heavy (non-hydrogen) atoms. The van der Waals surface area contributed by atoms with Crippen LogP contribution in [0.4, 0.5) is 13.2 Å². The largest absolute Gasteiger partial charge is 0.417 e. The first-order chi connectivity index (χ1) is 9.24. The summed E-state index contributed by atoms with van der Waals surface area (Å²) < 4.78 is 37.1. The van der Waals surface area contributed by atoms with Crippen LogP contribution in [-0.4, -0.2) is 21.9 Å². The van der Waals surface area contributed by atoms with Crippen LogP contribution in [0.15, 0.2) is 18.3 Å². The second-order valence-electron chi connectivity index (χ2n) is 4.18. The Morgan fingerprint density at radius 3 is 2.55 bits per heavy atom. The van der Waals surface area contributed by atoms with Crippen LogP contribution in [0.25, 0.3) is 0 Å². The molecule has 8 heteroatoms. The lowest BCUT2D eigenvalue weighted by Gasteiger charge is -2.16. The van der Waals surface area contributed by atoms with Crippen LogP contribution < -0.4 is 11.1 Å². The Hall–Kier alpha value is -1.70. The zero-order chi connectivity index (χ0) is 15.3. The molecule has 1 rings (SSSR count). The molecule has 1 aromatic rings. The number of carbonyl (C=O) groups excluding carboxylic acids is 1. The highest BCUT2D eigenvalue weighted by molar-refractivity contribution is 7.80. The summed E-state index contributed by atoms with van der Waals surface area (Å²) in [6, 6.07) is 1.59. The number of rotatable bonds is 5. The van der Waals surface area contributed by atoms with Gasteiger partial charge in [0, 0.05) is 18.7 Å². The summed E-state index contributed by atoms with van der Waals surface area (Å²) >= 11 is 4.75. The lowest BCUT2D eigenvalue weighted by Crippen LogP contribution is -2.37. The number of thiocarbonyl (C=S) groups is 1. The van der Waals surface area contributed by atoms with Gasteiger partial charge in [-0.15, -0.1) is 0 Å². The van der Waals surface area contributed by atoms with Crippen LogP contribution in [0.1, 0.15) is 35.8 Å². The quantitative estimate of drug-likeness (QED) is 0.819. The molecular formula is C12H14F3N3OS. The van der Waals surface area contributed by atoms with Crippen molar-refractivity contribution in [3.8, 4) is 0 Å². The summed E-state index contributed by atoms with van der Waals surface area (Å²) in [5.74, 6) is -0.554. The van der Waals surface area contributed by atoms with E-state index in [1.54, 1.807) is 0 Å². The molecule has 1 heterocycles. The van der Waals surface area contributed by atoms with Gasteiger partial charge in [-0.25, -0.2) is 0 Å². The van der Waals surface area contributed by atoms with E-state index in [0.717, 1.165) is 12.1 Å². The van der Waals surface area contributed by atoms with Gasteiger partial charge in [0.25, 0.3) is 5.91 Å². The molecule has 0 aliphatic carbocycles. The number of aromatic nitrogens is 1. The minimum Gasteiger partial charge on any atom is -0.393 e. The van der Waals surface area contributed by atoms with Crippen molar-refractivity contribution in [3.63, 3.8) is 0 Å². The first-order valence-corrected chi connectivity index (χ1v) is 6.27. The maximum Gasteiger partial charge on any atom is 0.417 e. The van der Waals surface area contributed by atoms with Crippen molar-refractivity contribution < 1.29 is 18.0 Å². The van der Waals surface area contributed by atoms with E-state index in [-0.39, 0.29) is 16.7 Å². The number of alkyl halides is 3. The number of nitrogens with two attached hydrogens (primary N) is 1. The fourth-order valence-electron chi connectivity index (χ4n) is 1.50. The number of halogens is 3. The maximum absolute atomic E-state index is 12.4. The Bertz CT molecular complexity index is 488. The average molecular weight is 305 g/mol. The van der Waals surface area contributed by atoms with Gasteiger partial charge in [0.05, 0.1) is 10.6 Å². The van der Waals surface area contributed by atoms with E-state index in [0.29, 0.717) is 19.0 Å². The predicted octanol–water partition coefficient (Wildman–Crippen LogP) is 2.29. The van der Waals surface area contributed by atoms with Gasteiger partial charge in [-0.05, 0) is 18.6 Å². The maximum atomic E-state index is 12.4. The molecule has 110 valence electrons. The van der Waals surface area contributed by atoms with E-state index in [1.807, 2.05) is 6.92 Å². The smallest absolute Gasteiger partial charge is 0.393 e. The molecular weight excluding hydrogens is 291 g/mol. The topological polar surface area (TPSA) is 68.0 Å². The monoisotopic (exact) mass is 305 g/mol. The minimum atomic E-state index is -4.47. The predicted molar refractivity (Wildman–Crippen MR) is 72.2 cm³/mol. The molecule has 1 atom stereocenters. The molecule has 0 saturated heterocycles. The Balaban J connectivity index is 2.75. The highest BCUT2D eigenvalue weighted by Crippen LogP contribution is 2.28. The zero-order valence-electron chi connectivity index (χ0n) is 10.7. The van der Waals surface area contributed by atoms with Crippen molar-refractivity contribution >= 4 is 23.1 Å². The van der Waals surface area contributed by atoms with Crippen LogP contribution >= 0.6 is 12.2 Å². The van der Waals surface area contributed by atoms with E-state index in [1.165, 1.54) is 0 Å². The SMILES string of the molecule is CCC(CC(N)=S)NC(=O)c1ccc(C(F)(F)F)cn1. The van der Waals surface area contributed by atoms with E-state index < -0.39 is 17.6 Å². The van der Waals surface area contributed by atoms with E-state index in [2.05, 4.69) is 10.3 Å². The van der Waals surface area contributed by atoms with Crippen molar-refractivity contribution in [2.45, 2.75) is 32.0 Å². The molecule has 0 aliphatic heterocycles. The summed E-state index contributed by atoms with van der Waals surface area (Å²) in [5.41, 5.74) is 4.41. The molecule has 0 fully saturated rings. The number of carbonyl (C=O) groups is 1. The van der Waals surface area contributed by atoms with Gasteiger partial charge < -0.3 is 11.1 Å². The molecule has 0 spiro atoms. The Kier molecular flexibility index (Phi) is 5.43. The number of nitrogens with one attached hydrogen (secondary N) is 1. The lowest BCUT2D eigenvalue weighted by atomic mass is 10.1. The van der Waals surface area contributed by atoms with Gasteiger partial charge in [-0.2, -0.15) is 13.2 Å². The second-order valence-corrected chi connectivity index (χ2v) is 4.70. The summed E-state index contributed by atoms with van der Waals surface area (Å²) in [4.78, 5) is 15.6. The third kappa shape index (κ3) is 4.76. The summed E-state index contributed by atoms with van der Waals surface area (Å²) in [6.45, 7) is 1.84. The molecule has 0 aromatic carbocycles. The summed E-state index contributed by atoms with van der Waals surface area (Å²) in [7, 11) is 0. The number of hydrogen-bond acceptors (Lipinski definition) is 3. The number of nitrogens with zero attached hydrogens (tertiary/aromatic N) is 1. The standard InChI is InChI=1S/C12H14F3N3OS/c1-2-8(5-10(16)20)18-11(19)9-4-3-7(6-17-9)12(13,14)15/h3-4,6,8H,2,5H2,1H3,(H2,16,20)(H,18,19). The molecule has 0 radical (unpaired) electrons. The summed E-state index contributed by atoms with van der Waals surface area (Å²) in [5, 5.41) is 2.62. The molecule has 4 nitrogen and oxygen atoms in total. The average Bonchev–Trinajstić information content (AvgIpc) is 2.36. The molecule has 1 unspecified atom stereocenters. The van der Waals surface area contributed by atoms with Crippen molar-refractivity contribution in [3.05, 3.63) is 29.6 Å². The van der Waals surface area contributed by atoms with Crippen molar-refractivity contribution in [1.29, 1.82) is 0 Å². The highest BCUT2D eigenvalue weighted by Gasteiger charge is 2.31. The highest BCUT2D eigenvalue weighted by atomic mass is 32.1. The van der Waals surface area contributed by atoms with E-state index >= 15 is 0 Å². The van der Waals surface area contributed by atoms with Crippen LogP contribution in [-0.2, 0) is 6.18 Å². The molecule has 3 N–H and O–H groups in total. The Morgan fingerprint density at radius 2 is 2.15 bits per heavy atom. The molecule has 1 amide bonds. The van der Waals surface area contributed by atoms with Crippen LogP contribution in [0.5, 0.6) is 0 Å². The zero-order valence-corrected chi connectivity index (χ0v) is 11.5. The lowest BCUT2D eigenvalue weighted by molar-refractivity contribution is -0.137. The number of amides is 1. The molecule has 0 aliphatic rings. The number of hydrogen-bond donors (Lipinski definition) is 2. The number of pyridine rings is 1. The van der Waals surface area contributed by atoms with Gasteiger partial charge in [-0.1, -0.05) is 19.1 Å². The van der Waals surface area contributed by atoms with Crippen LogP contribution in [0.2, 0.25) is 0 Å². The van der Waals surface area contributed by atoms with Crippen molar-refractivity contribution in [1.82, 2.24) is 10.3 Å². The fourth-order valence-corrected chi connectivity index (χ4v) is 1.70. The molecule has 0 bridgehead atoms. The second kappa shape index (κ2) is 6.65. The Labute approximate surface area is 119 Å². The van der Waals surface area contributed by atoms with Gasteiger partial charge in [0.2, 0.25) is 0 Å². The van der Waals surface area contributed by atoms with Crippen molar-refractivity contribution in [2.75, 3.05) is 0 Å². The minimum absolute atomic E-state index is 0.0839. The fraction of sp³-hybridized carbons (Fsp3) is 0.417. The third-order valence-corrected chi connectivity index (χ3v) is 2.77. The first-order valence-electron chi connectivity index (χ1n) is 5.86. The van der Waals surface area contributed by atoms with Crippen molar-refractivity contribution in [2.24, 2.45) is 5.73 Å². The van der Waals surface area contributed by atoms with Gasteiger partial charge in [-0.3, -0.25) is 9.78 Å². The van der Waals surface area contributed by atoms with E-state index in [4.69, 9.17) is 18.0 Å². The summed E-state index contributed by atoms with van der Waals surface area (Å²) in [6.07, 6.45) is -2.91. The van der Waals surface area contributed by atoms with Crippen LogP contribution in [0.3, 0.4) is 0 Å². The van der Waals surface area contributed by atoms with Gasteiger partial charge in [0.1, 0.15) is 5.69 Å². The molecule has 1 aromatic heterocycles. The first kappa shape index (κ1) is 16.4. The molecule has 0 saturated carbocycles. The third-order valence-electron chi connectivity index (χ3n) is 2.60. The normalized spacial score (nSPS) is 12.8. The van der Waals surface area contributed by atoms with Gasteiger partial charge in [0.15, 0.2) is 0 Å². The van der Waals surface area contributed by atoms with Crippen LogP contribution in [0, 0.1) is 0 Å².